The molecule has 0 aromatic rings. The van der Waals surface area contributed by atoms with Gasteiger partial charge < -0.3 is 20.1 Å². The quantitative estimate of drug-likeness (QED) is 0.788. The van der Waals surface area contributed by atoms with Gasteiger partial charge in [-0.25, -0.2) is 18.4 Å². The van der Waals surface area contributed by atoms with Gasteiger partial charge in [-0.05, 0) is 6.92 Å². The standard InChI is InChI=1S/C11H17F2N3O4/c1-6-2-14-7(3-15(6)10(17)18)4-16-8(9(12)13)5-20-11(16)19/h6-9,14H,2-5H2,1H3,(H,17,18)/t6-,7-,8+/m1/s1. The van der Waals surface area contributed by atoms with Gasteiger partial charge in [-0.1, -0.05) is 0 Å². The Morgan fingerprint density at radius 2 is 2.30 bits per heavy atom. The fraction of sp³-hybridized carbons (Fsp3) is 0.818. The number of alkyl halides is 2. The summed E-state index contributed by atoms with van der Waals surface area (Å²) >= 11 is 0. The number of amides is 2. The molecule has 2 heterocycles. The lowest BCUT2D eigenvalue weighted by atomic mass is 10.1. The molecule has 2 fully saturated rings. The third-order valence-electron chi connectivity index (χ3n) is 3.62. The molecule has 0 unspecified atom stereocenters. The van der Waals surface area contributed by atoms with E-state index in [1.807, 2.05) is 0 Å². The van der Waals surface area contributed by atoms with Crippen molar-refractivity contribution >= 4 is 12.2 Å². The lowest BCUT2D eigenvalue weighted by Crippen LogP contribution is -2.60. The van der Waals surface area contributed by atoms with Gasteiger partial charge in [-0.15, -0.1) is 0 Å². The molecule has 2 aliphatic rings. The van der Waals surface area contributed by atoms with Gasteiger partial charge in [0.15, 0.2) is 0 Å². The van der Waals surface area contributed by atoms with E-state index in [0.29, 0.717) is 6.54 Å². The van der Waals surface area contributed by atoms with Gasteiger partial charge in [0, 0.05) is 31.7 Å². The number of ether oxygens (including phenoxy) is 1. The van der Waals surface area contributed by atoms with Gasteiger partial charge >= 0.3 is 12.2 Å². The molecule has 9 heteroatoms. The molecule has 0 saturated carbocycles. The Morgan fingerprint density at radius 1 is 1.60 bits per heavy atom. The minimum absolute atomic E-state index is 0.00431. The van der Waals surface area contributed by atoms with E-state index in [2.05, 4.69) is 10.1 Å². The highest BCUT2D eigenvalue weighted by Gasteiger charge is 2.41. The zero-order chi connectivity index (χ0) is 14.9. The van der Waals surface area contributed by atoms with E-state index in [1.54, 1.807) is 6.92 Å². The second-order valence-corrected chi connectivity index (χ2v) is 5.02. The summed E-state index contributed by atoms with van der Waals surface area (Å²) in [7, 11) is 0. The molecule has 2 rings (SSSR count). The Hall–Kier alpha value is -1.64. The molecule has 2 N–H and O–H groups in total. The summed E-state index contributed by atoms with van der Waals surface area (Å²) in [6.45, 7) is 1.99. The second-order valence-electron chi connectivity index (χ2n) is 5.02. The average Bonchev–Trinajstić information content (AvgIpc) is 2.73. The van der Waals surface area contributed by atoms with Crippen molar-refractivity contribution in [2.45, 2.75) is 31.5 Å². The zero-order valence-electron chi connectivity index (χ0n) is 11.0. The number of cyclic esters (lactones) is 1. The van der Waals surface area contributed by atoms with Gasteiger partial charge in [-0.2, -0.15) is 0 Å². The van der Waals surface area contributed by atoms with E-state index in [1.165, 1.54) is 4.90 Å². The third-order valence-corrected chi connectivity index (χ3v) is 3.62. The molecule has 0 aromatic heterocycles. The maximum absolute atomic E-state index is 12.8. The highest BCUT2D eigenvalue weighted by atomic mass is 19.3. The first-order valence-corrected chi connectivity index (χ1v) is 6.34. The van der Waals surface area contributed by atoms with E-state index in [0.717, 1.165) is 4.90 Å². The summed E-state index contributed by atoms with van der Waals surface area (Å²) in [5.41, 5.74) is 0. The van der Waals surface area contributed by atoms with Crippen molar-refractivity contribution in [1.29, 1.82) is 0 Å². The number of nitrogens with zero attached hydrogens (tertiary/aromatic N) is 2. The minimum Gasteiger partial charge on any atom is -0.465 e. The number of halogens is 2. The summed E-state index contributed by atoms with van der Waals surface area (Å²) < 4.78 is 30.2. The highest BCUT2D eigenvalue weighted by Crippen LogP contribution is 2.20. The Morgan fingerprint density at radius 3 is 2.90 bits per heavy atom. The fourth-order valence-corrected chi connectivity index (χ4v) is 2.44. The van der Waals surface area contributed by atoms with Crippen LogP contribution in [-0.4, -0.2) is 77.9 Å². The predicted molar refractivity (Wildman–Crippen MR) is 63.8 cm³/mol. The minimum atomic E-state index is -2.68. The molecule has 3 atom stereocenters. The van der Waals surface area contributed by atoms with Crippen molar-refractivity contribution in [3.05, 3.63) is 0 Å². The highest BCUT2D eigenvalue weighted by molar-refractivity contribution is 5.70. The maximum atomic E-state index is 12.8. The number of carbonyl (C=O) groups is 2. The van der Waals surface area contributed by atoms with Crippen LogP contribution in [0.3, 0.4) is 0 Å². The molecule has 2 saturated heterocycles. The zero-order valence-corrected chi connectivity index (χ0v) is 11.0. The monoisotopic (exact) mass is 293 g/mol. The van der Waals surface area contributed by atoms with Gasteiger partial charge in [0.1, 0.15) is 12.6 Å². The van der Waals surface area contributed by atoms with Crippen molar-refractivity contribution in [2.24, 2.45) is 0 Å². The summed E-state index contributed by atoms with van der Waals surface area (Å²) in [6, 6.07) is -1.84. The van der Waals surface area contributed by atoms with E-state index in [9.17, 15) is 18.4 Å². The van der Waals surface area contributed by atoms with Crippen LogP contribution in [0.1, 0.15) is 6.92 Å². The van der Waals surface area contributed by atoms with Gasteiger partial charge in [0.2, 0.25) is 0 Å². The van der Waals surface area contributed by atoms with E-state index >= 15 is 0 Å². The van der Waals surface area contributed by atoms with Gasteiger partial charge in [0.05, 0.1) is 0 Å². The summed E-state index contributed by atoms with van der Waals surface area (Å²) in [6.07, 6.45) is -4.52. The van der Waals surface area contributed by atoms with Crippen molar-refractivity contribution in [1.82, 2.24) is 15.1 Å². The van der Waals surface area contributed by atoms with E-state index in [4.69, 9.17) is 5.11 Å². The first kappa shape index (κ1) is 14.8. The van der Waals surface area contributed by atoms with Crippen molar-refractivity contribution in [3.63, 3.8) is 0 Å². The fourth-order valence-electron chi connectivity index (χ4n) is 2.44. The maximum Gasteiger partial charge on any atom is 0.410 e. The largest absolute Gasteiger partial charge is 0.465 e. The first-order valence-electron chi connectivity index (χ1n) is 6.34. The Labute approximate surface area is 114 Å². The summed E-state index contributed by atoms with van der Waals surface area (Å²) in [5, 5.41) is 12.1. The molecular formula is C11H17F2N3O4. The van der Waals surface area contributed by atoms with Crippen LogP contribution in [0.15, 0.2) is 0 Å². The van der Waals surface area contributed by atoms with Crippen LogP contribution in [0, 0.1) is 0 Å². The predicted octanol–water partition coefficient (Wildman–Crippen LogP) is 0.413. The number of hydrogen-bond acceptors (Lipinski definition) is 4. The average molecular weight is 293 g/mol. The number of piperazine rings is 1. The van der Waals surface area contributed by atoms with Gasteiger partial charge in [0.25, 0.3) is 6.43 Å². The lowest BCUT2D eigenvalue weighted by Gasteiger charge is -2.38. The van der Waals surface area contributed by atoms with Gasteiger partial charge in [-0.3, -0.25) is 4.90 Å². The van der Waals surface area contributed by atoms with Crippen LogP contribution in [0.25, 0.3) is 0 Å². The van der Waals surface area contributed by atoms with E-state index < -0.39 is 24.7 Å². The van der Waals surface area contributed by atoms with Crippen LogP contribution in [-0.2, 0) is 4.74 Å². The SMILES string of the molecule is C[C@@H]1CN[C@@H](CN2C(=O)OC[C@H]2C(F)F)CN1C(=O)O. The number of hydrogen-bond donors (Lipinski definition) is 2. The lowest BCUT2D eigenvalue weighted by molar-refractivity contribution is 0.0490. The molecule has 0 radical (unpaired) electrons. The van der Waals surface area contributed by atoms with E-state index in [-0.39, 0.29) is 31.8 Å². The molecule has 0 spiro atoms. The Bertz CT molecular complexity index is 396. The molecule has 0 aliphatic carbocycles. The van der Waals surface area contributed by atoms with Crippen molar-refractivity contribution in [2.75, 3.05) is 26.2 Å². The molecule has 0 aromatic carbocycles. The topological polar surface area (TPSA) is 82.1 Å². The number of carboxylic acid groups (broad SMARTS) is 1. The normalized spacial score (nSPS) is 30.8. The third kappa shape index (κ3) is 2.92. The van der Waals surface area contributed by atoms with Crippen LogP contribution in [0.4, 0.5) is 18.4 Å². The first-order chi connectivity index (χ1) is 9.40. The smallest absolute Gasteiger partial charge is 0.410 e. The molecule has 7 nitrogen and oxygen atoms in total. The molecular weight excluding hydrogens is 276 g/mol. The van der Waals surface area contributed by atoms with Crippen LogP contribution in [0.5, 0.6) is 0 Å². The summed E-state index contributed by atoms with van der Waals surface area (Å²) in [4.78, 5) is 24.7. The number of rotatable bonds is 3. The van der Waals surface area contributed by atoms with Crippen molar-refractivity contribution in [3.8, 4) is 0 Å². The summed E-state index contributed by atoms with van der Waals surface area (Å²) in [5.74, 6) is 0. The molecule has 2 aliphatic heterocycles. The molecule has 114 valence electrons. The van der Waals surface area contributed by atoms with Crippen LogP contribution in [0.2, 0.25) is 0 Å². The van der Waals surface area contributed by atoms with Crippen LogP contribution < -0.4 is 5.32 Å². The van der Waals surface area contributed by atoms with Crippen molar-refractivity contribution < 1.29 is 28.2 Å². The van der Waals surface area contributed by atoms with Crippen LogP contribution >= 0.6 is 0 Å². The number of nitrogens with one attached hydrogen (secondary N) is 1. The Kier molecular flexibility index (Phi) is 4.26. The Balaban J connectivity index is 1.98. The second kappa shape index (κ2) is 5.78. The molecule has 2 amide bonds. The molecule has 0 bridgehead atoms. The molecule has 20 heavy (non-hydrogen) atoms. The number of carbonyl (C=O) groups excluding carboxylic acids is 1.